The Hall–Kier alpha value is 3.39. The van der Waals surface area contributed by atoms with Crippen molar-refractivity contribution < 1.29 is 112 Å². The molecule has 2 N–H and O–H groups in total. The van der Waals surface area contributed by atoms with Crippen LogP contribution in [0.3, 0.4) is 0 Å². The Morgan fingerprint density at radius 3 is 1.00 bits per heavy atom. The van der Waals surface area contributed by atoms with Crippen LogP contribution >= 0.6 is 0 Å². The minimum absolute atomic E-state index is 0. The molecule has 0 amide bonds. The van der Waals surface area contributed by atoms with E-state index in [0.717, 1.165) is 0 Å². The van der Waals surface area contributed by atoms with Gasteiger partial charge in [-0.1, -0.05) is 0 Å². The molecule has 4 heteroatoms. The third kappa shape index (κ3) is 9.04. The van der Waals surface area contributed by atoms with E-state index in [-0.39, 0.29) is 112 Å². The number of hydrogen-bond donors (Lipinski definition) is 0. The Morgan fingerprint density at radius 2 is 1.00 bits per heavy atom. The summed E-state index contributed by atoms with van der Waals surface area (Å²) in [6.07, 6.45) is 0. The summed E-state index contributed by atoms with van der Waals surface area (Å²) in [5, 5.41) is 0. The van der Waals surface area contributed by atoms with Crippen molar-refractivity contribution in [1.29, 1.82) is 0 Å². The van der Waals surface area contributed by atoms with E-state index in [1.165, 1.54) is 0 Å². The van der Waals surface area contributed by atoms with Crippen LogP contribution in [0.2, 0.25) is 0 Å². The van der Waals surface area contributed by atoms with Gasteiger partial charge in [0.1, 0.15) is 0 Å². The second-order valence-corrected chi connectivity index (χ2v) is 0. The summed E-state index contributed by atoms with van der Waals surface area (Å²) in [5.74, 6) is 0. The molecule has 0 bridgehead atoms. The average molecular weight is 373 g/mol. The van der Waals surface area contributed by atoms with Crippen molar-refractivity contribution in [2.45, 2.75) is 0 Å². The van der Waals surface area contributed by atoms with Crippen LogP contribution in [0.4, 0.5) is 0 Å². The summed E-state index contributed by atoms with van der Waals surface area (Å²) in [4.78, 5) is 0. The summed E-state index contributed by atoms with van der Waals surface area (Å²) < 4.78 is 0. The smallest absolute Gasteiger partial charge is 0 e. The van der Waals surface area contributed by atoms with Crippen molar-refractivity contribution >= 4 is 0 Å². The van der Waals surface area contributed by atoms with Gasteiger partial charge in [-0.2, -0.15) is 0 Å². The quantitative estimate of drug-likeness (QED) is 0.497. The van der Waals surface area contributed by atoms with E-state index >= 15 is 0 Å². The predicted molar refractivity (Wildman–Crippen MR) is 3.61 cm³/mol. The van der Waals surface area contributed by atoms with Crippen molar-refractivity contribution in [3.05, 3.63) is 0 Å². The van der Waals surface area contributed by atoms with Gasteiger partial charge in [0.15, 0.2) is 0 Å². The summed E-state index contributed by atoms with van der Waals surface area (Å²) in [6.45, 7) is 0. The maximum absolute atomic E-state index is 0. The van der Waals surface area contributed by atoms with Crippen LogP contribution in [-0.4, -0.2) is 5.48 Å². The molecule has 0 saturated carbocycles. The summed E-state index contributed by atoms with van der Waals surface area (Å²) in [5.41, 5.74) is 0. The van der Waals surface area contributed by atoms with Gasteiger partial charge in [-0.05, 0) is 0 Å². The maximum Gasteiger partial charge on any atom is 0 e. The van der Waals surface area contributed by atoms with E-state index < -0.39 is 0 Å². The van der Waals surface area contributed by atoms with Gasteiger partial charge in [0.05, 0.1) is 0 Å². The van der Waals surface area contributed by atoms with Gasteiger partial charge in [0.2, 0.25) is 0 Å². The van der Waals surface area contributed by atoms with E-state index in [1.807, 2.05) is 0 Å². The molecule has 0 rings (SSSR count). The second-order valence-electron chi connectivity index (χ2n) is 0. The van der Waals surface area contributed by atoms with Gasteiger partial charge < -0.3 is 5.48 Å². The van der Waals surface area contributed by atoms with Gasteiger partial charge in [-0.15, -0.1) is 0 Å². The van der Waals surface area contributed by atoms with Crippen molar-refractivity contribution in [3.63, 3.8) is 0 Å². The molecular formula is H2EuNdNiO. The van der Waals surface area contributed by atoms with Crippen LogP contribution in [0.25, 0.3) is 0 Å². The molecular weight excluding hydrogens is 371 g/mol. The maximum atomic E-state index is 0. The zero-order valence-corrected chi connectivity index (χ0v) is 8.31. The fraction of sp³-hybridized carbons (Fsp3) is 0. The first-order valence-corrected chi connectivity index (χ1v) is 0. The van der Waals surface area contributed by atoms with Crippen molar-refractivity contribution in [2.75, 3.05) is 0 Å². The van der Waals surface area contributed by atoms with Crippen LogP contribution in [0.5, 0.6) is 0 Å². The first-order chi connectivity index (χ1) is 0. The second kappa shape index (κ2) is 16.2. The predicted octanol–water partition coefficient (Wildman–Crippen LogP) is -0.827. The average Bonchev–Trinajstić information content (AvgIpc) is 0. The molecule has 0 heterocycles. The summed E-state index contributed by atoms with van der Waals surface area (Å²) in [6, 6.07) is 0. The van der Waals surface area contributed by atoms with Crippen molar-refractivity contribution in [3.8, 4) is 0 Å². The summed E-state index contributed by atoms with van der Waals surface area (Å²) >= 11 is 0. The van der Waals surface area contributed by atoms with Gasteiger partial charge >= 0.3 is 0 Å². The molecule has 4 heavy (non-hydrogen) atoms. The fourth-order valence-electron chi connectivity index (χ4n) is 0. The van der Waals surface area contributed by atoms with Crippen molar-refractivity contribution in [1.82, 2.24) is 0 Å². The van der Waals surface area contributed by atoms with Crippen LogP contribution in [-0.2, 0) is 16.5 Å². The third-order valence-corrected chi connectivity index (χ3v) is 0. The molecule has 0 atom stereocenters. The largest absolute Gasteiger partial charge is 0.412 e. The minimum Gasteiger partial charge on any atom is -0.412 e. The van der Waals surface area contributed by atoms with Crippen LogP contribution in [0, 0.1) is 90.2 Å². The molecule has 0 saturated heterocycles. The normalized spacial score (nSPS) is 0. The van der Waals surface area contributed by atoms with Gasteiger partial charge in [0, 0.05) is 107 Å². The molecule has 0 aliphatic heterocycles. The molecule has 0 fully saturated rings. The molecule has 29 valence electrons. The number of hydrogen-bond acceptors (Lipinski definition) is 0. The Labute approximate surface area is 109 Å². The van der Waals surface area contributed by atoms with Crippen LogP contribution < -0.4 is 0 Å². The standard InChI is InChI=1S/Eu.Nd.Ni.H2O/h;;;1H2. The molecule has 1 radical (unpaired) electrons. The van der Waals surface area contributed by atoms with Gasteiger partial charge in [0.25, 0.3) is 0 Å². The monoisotopic (exact) mass is 371 g/mol. The molecule has 0 spiro atoms. The zero-order valence-electron chi connectivity index (χ0n) is 1.69. The SMILES string of the molecule is O.[Eu].[Nd].[Ni]. The Morgan fingerprint density at radius 1 is 1.00 bits per heavy atom. The van der Waals surface area contributed by atoms with Gasteiger partial charge in [-0.3, -0.25) is 0 Å². The molecule has 0 unspecified atom stereocenters. The molecule has 0 aromatic rings. The zero-order chi connectivity index (χ0) is 0. The first-order valence-electron chi connectivity index (χ1n) is 0. The van der Waals surface area contributed by atoms with E-state index in [4.69, 9.17) is 0 Å². The van der Waals surface area contributed by atoms with Crippen LogP contribution in [0.1, 0.15) is 0 Å². The molecule has 0 aromatic heterocycles. The molecule has 0 aromatic carbocycles. The Kier molecular flexibility index (Phi) is 106. The molecule has 0 aliphatic rings. The third-order valence-electron chi connectivity index (χ3n) is 0. The Bertz CT molecular complexity index is 8.00. The fourth-order valence-corrected chi connectivity index (χ4v) is 0. The van der Waals surface area contributed by atoms with Crippen molar-refractivity contribution in [2.24, 2.45) is 0 Å². The van der Waals surface area contributed by atoms with E-state index in [9.17, 15) is 0 Å². The van der Waals surface area contributed by atoms with E-state index in [2.05, 4.69) is 0 Å². The van der Waals surface area contributed by atoms with Crippen LogP contribution in [0.15, 0.2) is 0 Å². The van der Waals surface area contributed by atoms with Gasteiger partial charge in [-0.25, -0.2) is 0 Å². The summed E-state index contributed by atoms with van der Waals surface area (Å²) in [7, 11) is 0. The Balaban J connectivity index is 0. The molecule has 0 aliphatic carbocycles. The molecule has 1 nitrogen and oxygen atoms in total. The topological polar surface area (TPSA) is 31.5 Å². The minimum atomic E-state index is 0. The number of rotatable bonds is 0. The van der Waals surface area contributed by atoms with E-state index in [0.29, 0.717) is 0 Å². The van der Waals surface area contributed by atoms with E-state index in [1.54, 1.807) is 0 Å². The first kappa shape index (κ1) is 26.3.